The van der Waals surface area contributed by atoms with Crippen LogP contribution in [0.15, 0.2) is 53.9 Å². The first-order valence-electron chi connectivity index (χ1n) is 7.93. The summed E-state index contributed by atoms with van der Waals surface area (Å²) in [4.78, 5) is 24.4. The highest BCUT2D eigenvalue weighted by Crippen LogP contribution is 2.17. The summed E-state index contributed by atoms with van der Waals surface area (Å²) in [5, 5.41) is 10.4. The van der Waals surface area contributed by atoms with Crippen LogP contribution in [0.5, 0.6) is 0 Å². The van der Waals surface area contributed by atoms with Crippen LogP contribution in [-0.2, 0) is 9.53 Å². The molecule has 6 nitrogen and oxygen atoms in total. The van der Waals surface area contributed by atoms with E-state index in [2.05, 4.69) is 5.32 Å². The Bertz CT molecular complexity index is 977. The maximum atomic E-state index is 13.3. The molecular weight excluding hydrogens is 392 g/mol. The molecule has 4 N–H and O–H groups in total. The summed E-state index contributed by atoms with van der Waals surface area (Å²) < 4.78 is 31.2. The third-order valence-corrected chi connectivity index (χ3v) is 3.89. The Balaban J connectivity index is 2.15. The third kappa shape index (κ3) is 5.14. The van der Waals surface area contributed by atoms with Crippen LogP contribution in [-0.4, -0.2) is 24.1 Å². The second-order valence-corrected chi connectivity index (χ2v) is 6.05. The van der Waals surface area contributed by atoms with E-state index in [0.29, 0.717) is 0 Å². The molecule has 0 bridgehead atoms. The molecule has 0 spiro atoms. The van der Waals surface area contributed by atoms with Crippen LogP contribution in [0.2, 0.25) is 5.02 Å². The van der Waals surface area contributed by atoms with Gasteiger partial charge in [0.15, 0.2) is 18.2 Å². The largest absolute Gasteiger partial charge is 0.454 e. The van der Waals surface area contributed by atoms with Gasteiger partial charge in [0.1, 0.15) is 11.4 Å². The first-order valence-corrected chi connectivity index (χ1v) is 8.30. The lowest BCUT2D eigenvalue weighted by Crippen LogP contribution is -2.25. The average Bonchev–Trinajstić information content (AvgIpc) is 2.63. The maximum Gasteiger partial charge on any atom is 0.344 e. The van der Waals surface area contributed by atoms with E-state index in [-0.39, 0.29) is 33.4 Å². The summed E-state index contributed by atoms with van der Waals surface area (Å²) in [6, 6.07) is 9.18. The number of nitrogens with two attached hydrogens (primary N) is 1. The fourth-order valence-corrected chi connectivity index (χ4v) is 2.47. The molecule has 146 valence electrons. The van der Waals surface area contributed by atoms with Gasteiger partial charge in [-0.2, -0.15) is 0 Å². The van der Waals surface area contributed by atoms with E-state index in [9.17, 15) is 18.4 Å². The van der Waals surface area contributed by atoms with Crippen LogP contribution in [0.4, 0.5) is 14.5 Å². The molecule has 2 rings (SSSR count). The molecule has 2 aromatic carbocycles. The first-order chi connectivity index (χ1) is 13.2. The Hall–Kier alpha value is -3.26. The van der Waals surface area contributed by atoms with E-state index < -0.39 is 30.0 Å². The van der Waals surface area contributed by atoms with Crippen molar-refractivity contribution in [2.75, 3.05) is 11.9 Å². The number of Topliss-reactive ketones (excluding diaryl/α,β-unsaturated/α-hetero) is 1. The lowest BCUT2D eigenvalue weighted by molar-refractivity contribution is -0.137. The number of rotatable bonds is 7. The SMILES string of the molecule is CC(=N)/C(C(=O)OCC(=O)c1ccccc1Cl)=C(/N)Nc1ccc(F)c(F)c1. The van der Waals surface area contributed by atoms with Crippen molar-refractivity contribution in [1.29, 1.82) is 5.41 Å². The second kappa shape index (κ2) is 9.09. The fourth-order valence-electron chi connectivity index (χ4n) is 2.23. The Labute approximate surface area is 164 Å². The molecule has 28 heavy (non-hydrogen) atoms. The van der Waals surface area contributed by atoms with Crippen LogP contribution >= 0.6 is 11.6 Å². The molecule has 0 saturated carbocycles. The minimum absolute atomic E-state index is 0.0649. The van der Waals surface area contributed by atoms with Gasteiger partial charge in [-0.05, 0) is 31.2 Å². The molecule has 0 heterocycles. The van der Waals surface area contributed by atoms with Crippen molar-refractivity contribution in [1.82, 2.24) is 0 Å². The number of hydrogen-bond acceptors (Lipinski definition) is 6. The molecule has 0 aliphatic heterocycles. The van der Waals surface area contributed by atoms with Crippen molar-refractivity contribution in [3.05, 3.63) is 76.1 Å². The highest BCUT2D eigenvalue weighted by atomic mass is 35.5. The number of carbonyl (C=O) groups excluding carboxylic acids is 2. The predicted octanol–water partition coefficient (Wildman–Crippen LogP) is 3.67. The molecule has 0 amide bonds. The number of ketones is 1. The minimum Gasteiger partial charge on any atom is -0.454 e. The number of benzene rings is 2. The molecule has 0 aliphatic rings. The van der Waals surface area contributed by atoms with Crippen molar-refractivity contribution >= 4 is 34.8 Å². The lowest BCUT2D eigenvalue weighted by Gasteiger charge is -2.13. The fraction of sp³-hybridized carbons (Fsp3) is 0.105. The Morgan fingerprint density at radius 1 is 1.18 bits per heavy atom. The zero-order chi connectivity index (χ0) is 20.8. The summed E-state index contributed by atoms with van der Waals surface area (Å²) in [6.45, 7) is 0.671. The van der Waals surface area contributed by atoms with Crippen molar-refractivity contribution in [2.45, 2.75) is 6.92 Å². The first kappa shape index (κ1) is 21.0. The summed E-state index contributed by atoms with van der Waals surface area (Å²) in [5.74, 6) is -4.03. The molecule has 2 aromatic rings. The summed E-state index contributed by atoms with van der Waals surface area (Å²) in [7, 11) is 0. The molecule has 9 heteroatoms. The van der Waals surface area contributed by atoms with Crippen LogP contribution in [0.3, 0.4) is 0 Å². The van der Waals surface area contributed by atoms with Gasteiger partial charge in [-0.1, -0.05) is 23.7 Å². The van der Waals surface area contributed by atoms with E-state index in [0.717, 1.165) is 12.1 Å². The summed E-state index contributed by atoms with van der Waals surface area (Å²) in [5.41, 5.74) is 5.44. The van der Waals surface area contributed by atoms with Gasteiger partial charge in [-0.25, -0.2) is 13.6 Å². The summed E-state index contributed by atoms with van der Waals surface area (Å²) in [6.07, 6.45) is 0. The molecular formula is C19H16ClF2N3O3. The van der Waals surface area contributed by atoms with Gasteiger partial charge < -0.3 is 21.2 Å². The van der Waals surface area contributed by atoms with Crippen molar-refractivity contribution in [3.8, 4) is 0 Å². The highest BCUT2D eigenvalue weighted by molar-refractivity contribution is 6.34. The van der Waals surface area contributed by atoms with Gasteiger partial charge in [0.05, 0.1) is 5.02 Å². The molecule has 0 aromatic heterocycles. The van der Waals surface area contributed by atoms with Crippen LogP contribution in [0, 0.1) is 17.0 Å². The van der Waals surface area contributed by atoms with Crippen LogP contribution in [0.1, 0.15) is 17.3 Å². The van der Waals surface area contributed by atoms with Gasteiger partial charge in [0.25, 0.3) is 0 Å². The molecule has 0 saturated heterocycles. The van der Waals surface area contributed by atoms with Crippen molar-refractivity contribution in [2.24, 2.45) is 5.73 Å². The number of ether oxygens (including phenoxy) is 1. The Kier molecular flexibility index (Phi) is 6.84. The molecule has 0 aliphatic carbocycles. The third-order valence-electron chi connectivity index (χ3n) is 3.56. The van der Waals surface area contributed by atoms with Gasteiger partial charge in [0, 0.05) is 23.0 Å². The predicted molar refractivity (Wildman–Crippen MR) is 101 cm³/mol. The number of anilines is 1. The van der Waals surface area contributed by atoms with E-state index in [1.165, 1.54) is 25.1 Å². The smallest absolute Gasteiger partial charge is 0.344 e. The molecule has 0 unspecified atom stereocenters. The monoisotopic (exact) mass is 407 g/mol. The van der Waals surface area contributed by atoms with Gasteiger partial charge in [-0.3, -0.25) is 4.79 Å². The molecule has 0 radical (unpaired) electrons. The lowest BCUT2D eigenvalue weighted by atomic mass is 10.1. The van der Waals surface area contributed by atoms with Crippen LogP contribution < -0.4 is 11.1 Å². The molecule has 0 fully saturated rings. The number of carbonyl (C=O) groups is 2. The average molecular weight is 408 g/mol. The zero-order valence-electron chi connectivity index (χ0n) is 14.7. The zero-order valence-corrected chi connectivity index (χ0v) is 15.4. The topological polar surface area (TPSA) is 105 Å². The van der Waals surface area contributed by atoms with Crippen molar-refractivity contribution < 1.29 is 23.1 Å². The Morgan fingerprint density at radius 2 is 1.86 bits per heavy atom. The number of hydrogen-bond donors (Lipinski definition) is 3. The van der Waals surface area contributed by atoms with E-state index in [1.54, 1.807) is 12.1 Å². The van der Waals surface area contributed by atoms with E-state index in [1.807, 2.05) is 0 Å². The molecule has 0 atom stereocenters. The van der Waals surface area contributed by atoms with E-state index >= 15 is 0 Å². The number of nitrogens with one attached hydrogen (secondary N) is 2. The summed E-state index contributed by atoms with van der Waals surface area (Å²) >= 11 is 5.92. The standard InChI is InChI=1S/C19H16ClF2N3O3/c1-10(23)17(18(24)25-11-6-7-14(21)15(22)8-11)19(27)28-9-16(26)12-4-2-3-5-13(12)20/h2-8,23,25H,9,24H2,1H3/b18-17+,23-10?. The van der Waals surface area contributed by atoms with Crippen molar-refractivity contribution in [3.63, 3.8) is 0 Å². The maximum absolute atomic E-state index is 13.3. The number of esters is 1. The quantitative estimate of drug-likeness (QED) is 0.281. The Morgan fingerprint density at radius 3 is 2.46 bits per heavy atom. The van der Waals surface area contributed by atoms with Crippen LogP contribution in [0.25, 0.3) is 0 Å². The van der Waals surface area contributed by atoms with Gasteiger partial charge in [-0.15, -0.1) is 0 Å². The van der Waals surface area contributed by atoms with Gasteiger partial charge >= 0.3 is 5.97 Å². The van der Waals surface area contributed by atoms with E-state index in [4.69, 9.17) is 27.5 Å². The second-order valence-electron chi connectivity index (χ2n) is 5.65. The van der Waals surface area contributed by atoms with Gasteiger partial charge in [0.2, 0.25) is 5.78 Å². The minimum atomic E-state index is -1.11. The normalized spacial score (nSPS) is 11.4. The highest BCUT2D eigenvalue weighted by Gasteiger charge is 2.21. The number of halogens is 3.